The van der Waals surface area contributed by atoms with Gasteiger partial charge in [-0.25, -0.2) is 4.68 Å². The van der Waals surface area contributed by atoms with E-state index in [1.807, 2.05) is 43.3 Å². The monoisotopic (exact) mass is 347 g/mol. The van der Waals surface area contributed by atoms with Gasteiger partial charge in [-0.3, -0.25) is 4.79 Å². The number of aromatic nitrogens is 2. The van der Waals surface area contributed by atoms with Crippen molar-refractivity contribution in [2.24, 2.45) is 0 Å². The Morgan fingerprint density at radius 1 is 1.08 bits per heavy atom. The maximum atomic E-state index is 12.8. The van der Waals surface area contributed by atoms with Gasteiger partial charge in [0.25, 0.3) is 5.91 Å². The fourth-order valence-corrected chi connectivity index (χ4v) is 2.75. The molecule has 3 rings (SSSR count). The molecule has 1 amide bonds. The van der Waals surface area contributed by atoms with Crippen LogP contribution in [0.25, 0.3) is 16.9 Å². The van der Waals surface area contributed by atoms with Gasteiger partial charge < -0.3 is 5.32 Å². The smallest absolute Gasteiger partial charge is 0.270 e. The average molecular weight is 347 g/mol. The van der Waals surface area contributed by atoms with Gasteiger partial charge in [0.2, 0.25) is 0 Å². The van der Waals surface area contributed by atoms with Crippen LogP contribution in [0, 0.1) is 13.8 Å². The van der Waals surface area contributed by atoms with Crippen molar-refractivity contribution in [3.8, 4) is 16.9 Å². The Hall–Kier alpha value is -2.88. The fraction of sp³-hybridized carbons (Fsp3) is 0.273. The largest absolute Gasteiger partial charge is 0.348 e. The van der Waals surface area contributed by atoms with Gasteiger partial charge in [-0.15, -0.1) is 0 Å². The zero-order valence-corrected chi connectivity index (χ0v) is 15.8. The Morgan fingerprint density at radius 3 is 2.46 bits per heavy atom. The van der Waals surface area contributed by atoms with E-state index in [9.17, 15) is 4.79 Å². The summed E-state index contributed by atoms with van der Waals surface area (Å²) in [6, 6.07) is 18.0. The molecule has 0 aliphatic rings. The number of amides is 1. The molecule has 134 valence electrons. The lowest BCUT2D eigenvalue weighted by atomic mass is 10.0. The lowest BCUT2D eigenvalue weighted by Crippen LogP contribution is -2.33. The first kappa shape index (κ1) is 17.9. The quantitative estimate of drug-likeness (QED) is 0.728. The second-order valence-electron chi connectivity index (χ2n) is 6.74. The molecule has 0 fully saturated rings. The van der Waals surface area contributed by atoms with Crippen LogP contribution in [-0.4, -0.2) is 21.7 Å². The highest BCUT2D eigenvalue weighted by molar-refractivity contribution is 5.94. The molecule has 1 N–H and O–H groups in total. The Bertz CT molecular complexity index is 912. The molecule has 0 saturated carbocycles. The third kappa shape index (κ3) is 3.69. The van der Waals surface area contributed by atoms with Crippen LogP contribution < -0.4 is 5.32 Å². The zero-order valence-electron chi connectivity index (χ0n) is 15.8. The predicted molar refractivity (Wildman–Crippen MR) is 106 cm³/mol. The average Bonchev–Trinajstić information content (AvgIpc) is 3.10. The molecule has 1 heterocycles. The minimum atomic E-state index is -0.106. The fourth-order valence-electron chi connectivity index (χ4n) is 2.75. The highest BCUT2D eigenvalue weighted by Gasteiger charge is 2.18. The minimum Gasteiger partial charge on any atom is -0.348 e. The number of nitrogens with zero attached hydrogens (tertiary/aromatic N) is 2. The van der Waals surface area contributed by atoms with Crippen molar-refractivity contribution in [2.45, 2.75) is 40.2 Å². The van der Waals surface area contributed by atoms with Gasteiger partial charge in [0.1, 0.15) is 5.69 Å². The van der Waals surface area contributed by atoms with Gasteiger partial charge >= 0.3 is 0 Å². The number of hydrogen-bond acceptors (Lipinski definition) is 2. The summed E-state index contributed by atoms with van der Waals surface area (Å²) in [4.78, 5) is 12.8. The highest BCUT2D eigenvalue weighted by Crippen LogP contribution is 2.24. The van der Waals surface area contributed by atoms with Gasteiger partial charge in [0.05, 0.1) is 11.4 Å². The molecule has 3 aromatic rings. The predicted octanol–water partition coefficient (Wildman–Crippen LogP) is 4.68. The molecule has 2 aromatic carbocycles. The van der Waals surface area contributed by atoms with Crippen molar-refractivity contribution in [1.82, 2.24) is 15.1 Å². The van der Waals surface area contributed by atoms with Crippen LogP contribution in [0.5, 0.6) is 0 Å². The van der Waals surface area contributed by atoms with Crippen molar-refractivity contribution in [2.75, 3.05) is 0 Å². The van der Waals surface area contributed by atoms with Gasteiger partial charge in [0.15, 0.2) is 0 Å². The van der Waals surface area contributed by atoms with Crippen molar-refractivity contribution in [1.29, 1.82) is 0 Å². The van der Waals surface area contributed by atoms with Crippen LogP contribution in [0.4, 0.5) is 0 Å². The molecule has 0 radical (unpaired) electrons. The number of carbonyl (C=O) groups is 1. The van der Waals surface area contributed by atoms with Crippen molar-refractivity contribution in [3.63, 3.8) is 0 Å². The maximum Gasteiger partial charge on any atom is 0.270 e. The van der Waals surface area contributed by atoms with E-state index in [-0.39, 0.29) is 11.9 Å². The van der Waals surface area contributed by atoms with Crippen LogP contribution >= 0.6 is 0 Å². The number of hydrogen-bond donors (Lipinski definition) is 1. The summed E-state index contributed by atoms with van der Waals surface area (Å²) in [5.74, 6) is -0.106. The van der Waals surface area contributed by atoms with E-state index >= 15 is 0 Å². The van der Waals surface area contributed by atoms with Crippen molar-refractivity contribution < 1.29 is 4.79 Å². The van der Waals surface area contributed by atoms with Crippen LogP contribution in [0.2, 0.25) is 0 Å². The molecule has 1 aromatic heterocycles. The first-order chi connectivity index (χ1) is 12.5. The lowest BCUT2D eigenvalue weighted by Gasteiger charge is -2.12. The third-order valence-corrected chi connectivity index (χ3v) is 4.74. The highest BCUT2D eigenvalue weighted by atomic mass is 16.2. The van der Waals surface area contributed by atoms with Gasteiger partial charge in [-0.2, -0.15) is 5.10 Å². The molecule has 1 atom stereocenters. The Balaban J connectivity index is 2.08. The standard InChI is InChI=1S/C22H25N3O/c1-5-17(4)23-22(26)21-14-20(18-12-11-15(2)16(3)13-18)24-25(21)19-9-7-6-8-10-19/h6-14,17H,5H2,1-4H3,(H,23,26)/t17-/m0/s1. The molecule has 0 spiro atoms. The third-order valence-electron chi connectivity index (χ3n) is 4.74. The normalized spacial score (nSPS) is 12.0. The molecule has 0 unspecified atom stereocenters. The summed E-state index contributed by atoms with van der Waals surface area (Å²) in [5, 5.41) is 7.77. The number of nitrogens with one attached hydrogen (secondary N) is 1. The molecule has 0 aliphatic heterocycles. The number of rotatable bonds is 5. The van der Waals surface area contributed by atoms with E-state index in [1.165, 1.54) is 11.1 Å². The summed E-state index contributed by atoms with van der Waals surface area (Å²) in [7, 11) is 0. The van der Waals surface area contributed by atoms with Crippen LogP contribution in [0.3, 0.4) is 0 Å². The topological polar surface area (TPSA) is 46.9 Å². The molecular formula is C22H25N3O. The van der Waals surface area contributed by atoms with E-state index in [0.717, 1.165) is 23.4 Å². The van der Waals surface area contributed by atoms with Crippen LogP contribution in [-0.2, 0) is 0 Å². The van der Waals surface area contributed by atoms with E-state index < -0.39 is 0 Å². The van der Waals surface area contributed by atoms with Crippen molar-refractivity contribution >= 4 is 5.91 Å². The van der Waals surface area contributed by atoms with Crippen LogP contribution in [0.1, 0.15) is 41.9 Å². The Morgan fingerprint density at radius 2 is 1.81 bits per heavy atom. The molecule has 0 bridgehead atoms. The van der Waals surface area contributed by atoms with Gasteiger partial charge in [0, 0.05) is 11.6 Å². The SMILES string of the molecule is CC[C@H](C)NC(=O)c1cc(-c2ccc(C)c(C)c2)nn1-c1ccccc1. The molecule has 4 heteroatoms. The van der Waals surface area contributed by atoms with E-state index in [1.54, 1.807) is 4.68 Å². The first-order valence-corrected chi connectivity index (χ1v) is 9.03. The van der Waals surface area contributed by atoms with Gasteiger partial charge in [-0.1, -0.05) is 37.3 Å². The lowest BCUT2D eigenvalue weighted by molar-refractivity contribution is 0.0931. The summed E-state index contributed by atoms with van der Waals surface area (Å²) < 4.78 is 1.72. The molecular weight excluding hydrogens is 322 g/mol. The number of benzene rings is 2. The second kappa shape index (κ2) is 7.56. The van der Waals surface area contributed by atoms with E-state index in [4.69, 9.17) is 5.10 Å². The maximum absolute atomic E-state index is 12.8. The van der Waals surface area contributed by atoms with E-state index in [0.29, 0.717) is 5.69 Å². The minimum absolute atomic E-state index is 0.106. The number of para-hydroxylation sites is 1. The second-order valence-corrected chi connectivity index (χ2v) is 6.74. The number of aryl methyl sites for hydroxylation is 2. The summed E-state index contributed by atoms with van der Waals surface area (Å²) in [5.41, 5.74) is 5.68. The van der Waals surface area contributed by atoms with Crippen LogP contribution in [0.15, 0.2) is 54.6 Å². The Kier molecular flexibility index (Phi) is 5.21. The summed E-state index contributed by atoms with van der Waals surface area (Å²) in [6.07, 6.45) is 0.884. The molecule has 0 saturated heterocycles. The molecule has 4 nitrogen and oxygen atoms in total. The first-order valence-electron chi connectivity index (χ1n) is 9.03. The van der Waals surface area contributed by atoms with Crippen molar-refractivity contribution in [3.05, 3.63) is 71.4 Å². The Labute approximate surface area is 154 Å². The molecule has 0 aliphatic carbocycles. The molecule has 26 heavy (non-hydrogen) atoms. The van der Waals surface area contributed by atoms with E-state index in [2.05, 4.69) is 44.3 Å². The summed E-state index contributed by atoms with van der Waals surface area (Å²) in [6.45, 7) is 8.24. The van der Waals surface area contributed by atoms with Gasteiger partial charge in [-0.05, 0) is 62.6 Å². The number of carbonyl (C=O) groups excluding carboxylic acids is 1. The summed E-state index contributed by atoms with van der Waals surface area (Å²) >= 11 is 0. The zero-order chi connectivity index (χ0) is 18.7.